The number of Topliss-reactive ketones (excluding diaryl/α,β-unsaturated/α-hetero) is 1. The Morgan fingerprint density at radius 1 is 1.10 bits per heavy atom. The average molecular weight is 570 g/mol. The van der Waals surface area contributed by atoms with E-state index >= 15 is 0 Å². The number of ketones is 1. The normalized spacial score (nSPS) is 15.7. The molecule has 198 valence electrons. The number of aromatic amines is 1. The van der Waals surface area contributed by atoms with E-state index in [1.165, 1.54) is 6.92 Å². The predicted octanol–water partition coefficient (Wildman–Crippen LogP) is -2.03. The van der Waals surface area contributed by atoms with Crippen molar-refractivity contribution in [3.05, 3.63) is 82.6 Å². The van der Waals surface area contributed by atoms with Crippen molar-refractivity contribution in [1.82, 2.24) is 35.1 Å². The van der Waals surface area contributed by atoms with Crippen LogP contribution in [0, 0.1) is 0 Å². The summed E-state index contributed by atoms with van der Waals surface area (Å²) in [6, 6.07) is 15.5. The minimum Gasteiger partial charge on any atom is -0.509 e. The molecule has 0 aliphatic carbocycles. The van der Waals surface area contributed by atoms with E-state index in [0.717, 1.165) is 58.7 Å². The Hall–Kier alpha value is -2.60. The van der Waals surface area contributed by atoms with Crippen LogP contribution in [0.5, 0.6) is 0 Å². The number of hydrogen-bond donors (Lipinski definition) is 2. The topological polar surface area (TPSA) is 130 Å². The Balaban J connectivity index is 0.00000194. The number of aliphatic hydroxyl groups excluding tert-OH is 1. The molecule has 6 rings (SSSR count). The molecule has 10 nitrogen and oxygen atoms in total. The number of hydrogen-bond acceptors (Lipinski definition) is 7. The van der Waals surface area contributed by atoms with Gasteiger partial charge in [-0.3, -0.25) is 9.59 Å². The number of fused-ring (bicyclic) bond motifs is 3. The fourth-order valence-electron chi connectivity index (χ4n) is 5.66. The first kappa shape index (κ1) is 31.3. The van der Waals surface area contributed by atoms with Gasteiger partial charge in [-0.25, -0.2) is 4.98 Å². The van der Waals surface area contributed by atoms with Gasteiger partial charge < -0.3 is 14.6 Å². The summed E-state index contributed by atoms with van der Waals surface area (Å²) in [5.41, 5.74) is 5.56. The molecule has 0 spiro atoms. The van der Waals surface area contributed by atoms with Gasteiger partial charge in [0, 0.05) is 31.5 Å². The van der Waals surface area contributed by atoms with Crippen LogP contribution >= 0.6 is 0 Å². The molecule has 0 bridgehead atoms. The van der Waals surface area contributed by atoms with E-state index in [1.54, 1.807) is 4.90 Å². The molecule has 0 saturated heterocycles. The van der Waals surface area contributed by atoms with Gasteiger partial charge in [-0.1, -0.05) is 61.9 Å². The summed E-state index contributed by atoms with van der Waals surface area (Å²) in [4.78, 5) is 31.7. The van der Waals surface area contributed by atoms with Crippen LogP contribution in [0.1, 0.15) is 55.5 Å². The van der Waals surface area contributed by atoms with Gasteiger partial charge in [-0.2, -0.15) is 5.21 Å². The summed E-state index contributed by atoms with van der Waals surface area (Å²) in [6.45, 7) is 4.43. The number of H-pyrrole nitrogens is 1. The first-order valence-electron chi connectivity index (χ1n) is 13.2. The number of amides is 1. The second-order valence-electron chi connectivity index (χ2n) is 10.00. The van der Waals surface area contributed by atoms with E-state index in [-0.39, 0.29) is 70.4 Å². The van der Waals surface area contributed by atoms with Gasteiger partial charge in [0.2, 0.25) is 5.82 Å². The van der Waals surface area contributed by atoms with Crippen molar-refractivity contribution in [2.75, 3.05) is 6.54 Å². The molecular weight excluding hydrogens is 540 g/mol. The van der Waals surface area contributed by atoms with Gasteiger partial charge in [0.05, 0.1) is 11.4 Å². The predicted molar refractivity (Wildman–Crippen MR) is 143 cm³/mol. The molecule has 2 aliphatic rings. The zero-order valence-electron chi connectivity index (χ0n) is 23.9. The molecule has 41 heavy (non-hydrogen) atoms. The van der Waals surface area contributed by atoms with Crippen LogP contribution in [0.4, 0.5) is 0 Å². The third-order valence-electron chi connectivity index (χ3n) is 7.54. The average Bonchev–Trinajstić information content (AvgIpc) is 3.65. The number of carbonyl (C=O) groups excluding carboxylic acids is 2. The van der Waals surface area contributed by atoms with Crippen LogP contribution in [-0.2, 0) is 29.0 Å². The molecule has 0 fully saturated rings. The number of aliphatic hydroxyl groups is 1. The number of benzene rings is 2. The van der Waals surface area contributed by atoms with Crippen molar-refractivity contribution in [3.63, 3.8) is 0 Å². The van der Waals surface area contributed by atoms with E-state index in [4.69, 9.17) is 4.98 Å². The number of aromatic nitrogens is 6. The van der Waals surface area contributed by atoms with Gasteiger partial charge in [0.15, 0.2) is 5.78 Å². The molecule has 2 aliphatic heterocycles. The maximum absolute atomic E-state index is 13.0. The van der Waals surface area contributed by atoms with Crippen molar-refractivity contribution in [1.29, 1.82) is 0 Å². The molecule has 1 amide bonds. The van der Waals surface area contributed by atoms with Crippen molar-refractivity contribution in [2.24, 2.45) is 0 Å². The van der Waals surface area contributed by atoms with Crippen LogP contribution in [0.15, 0.2) is 59.9 Å². The zero-order chi connectivity index (χ0) is 27.1. The standard InChI is InChI=1S/C29H29N7O3.2Na/c1-3-4-9-23-30-22-14-15-35-26(27(38)24(17(2)37)29(35)39)25(22)36(23)16-18-10-12-19(13-11-18)20-7-5-6-8-21(20)28-31-33-34-32-28;;/h5-8,10-13,26,38H,3-4,9,14-16H2,1-2H3,(H,31,32,33,34);;/q;2*+1. The van der Waals surface area contributed by atoms with E-state index in [9.17, 15) is 14.7 Å². The molecule has 2 N–H and O–H groups in total. The van der Waals surface area contributed by atoms with E-state index < -0.39 is 17.7 Å². The molecule has 1 atom stereocenters. The molecule has 0 saturated carbocycles. The first-order chi connectivity index (χ1) is 19.0. The van der Waals surface area contributed by atoms with Crippen LogP contribution in [0.3, 0.4) is 0 Å². The van der Waals surface area contributed by atoms with E-state index in [1.807, 2.05) is 24.3 Å². The number of unbranched alkanes of at least 4 members (excludes halogenated alkanes) is 1. The maximum atomic E-state index is 13.0. The number of nitrogens with zero attached hydrogens (tertiary/aromatic N) is 6. The molecule has 0 radical (unpaired) electrons. The van der Waals surface area contributed by atoms with Crippen molar-refractivity contribution in [2.45, 2.75) is 52.1 Å². The third kappa shape index (κ3) is 5.74. The largest absolute Gasteiger partial charge is 1.00 e. The number of imidazole rings is 1. The summed E-state index contributed by atoms with van der Waals surface area (Å²) in [6.07, 6.45) is 3.40. The molecule has 4 heterocycles. The second-order valence-corrected chi connectivity index (χ2v) is 10.00. The van der Waals surface area contributed by atoms with Crippen LogP contribution in [0.2, 0.25) is 0 Å². The smallest absolute Gasteiger partial charge is 0.509 e. The summed E-state index contributed by atoms with van der Waals surface area (Å²) in [5, 5.41) is 25.5. The quantitative estimate of drug-likeness (QED) is 0.185. The summed E-state index contributed by atoms with van der Waals surface area (Å²) >= 11 is 0. The number of aryl methyl sites for hydroxylation is 1. The van der Waals surface area contributed by atoms with Crippen LogP contribution < -0.4 is 59.1 Å². The van der Waals surface area contributed by atoms with Crippen LogP contribution in [0.25, 0.3) is 22.5 Å². The van der Waals surface area contributed by atoms with Crippen molar-refractivity contribution < 1.29 is 73.8 Å². The second kappa shape index (κ2) is 13.1. The van der Waals surface area contributed by atoms with Crippen molar-refractivity contribution >= 4 is 11.7 Å². The third-order valence-corrected chi connectivity index (χ3v) is 7.54. The molecular formula is C29H29N7Na2O3+2. The SMILES string of the molecule is CCCCc1nc2c(n1Cc1ccc(-c3ccccc3-c3nn[nH]n3)cc1)C1C(O)=C(C(C)=O)C(=O)N1CC2.[Na+].[Na+]. The molecule has 12 heteroatoms. The Morgan fingerprint density at radius 3 is 2.49 bits per heavy atom. The maximum Gasteiger partial charge on any atom is 1.00 e. The Labute approximate surface area is 282 Å². The fraction of sp³-hybridized carbons (Fsp3) is 0.310. The first-order valence-corrected chi connectivity index (χ1v) is 13.2. The Bertz CT molecular complexity index is 1600. The zero-order valence-corrected chi connectivity index (χ0v) is 27.9. The summed E-state index contributed by atoms with van der Waals surface area (Å²) in [5.74, 6) is 0.496. The Morgan fingerprint density at radius 2 is 1.83 bits per heavy atom. The van der Waals surface area contributed by atoms with Gasteiger partial charge in [0.25, 0.3) is 5.91 Å². The van der Waals surface area contributed by atoms with Crippen molar-refractivity contribution in [3.8, 4) is 22.5 Å². The molecule has 2 aromatic carbocycles. The van der Waals surface area contributed by atoms with E-state index in [2.05, 4.69) is 56.4 Å². The molecule has 2 aromatic heterocycles. The molecule has 4 aromatic rings. The summed E-state index contributed by atoms with van der Waals surface area (Å²) < 4.78 is 2.14. The molecule has 1 unspecified atom stereocenters. The number of nitrogens with one attached hydrogen (secondary N) is 1. The minimum atomic E-state index is -0.677. The van der Waals surface area contributed by atoms with Gasteiger partial charge in [0.1, 0.15) is 23.2 Å². The number of rotatable bonds is 8. The van der Waals surface area contributed by atoms with Gasteiger partial charge >= 0.3 is 59.1 Å². The van der Waals surface area contributed by atoms with Crippen LogP contribution in [-0.4, -0.2) is 58.4 Å². The minimum absolute atomic E-state index is 0. The van der Waals surface area contributed by atoms with Gasteiger partial charge in [-0.15, -0.1) is 10.2 Å². The number of carbonyl (C=O) groups is 2. The number of tetrazole rings is 1. The monoisotopic (exact) mass is 569 g/mol. The van der Waals surface area contributed by atoms with E-state index in [0.29, 0.717) is 25.3 Å². The Kier molecular flexibility index (Phi) is 10.0. The summed E-state index contributed by atoms with van der Waals surface area (Å²) in [7, 11) is 0. The fourth-order valence-corrected chi connectivity index (χ4v) is 5.66. The van der Waals surface area contributed by atoms with Gasteiger partial charge in [-0.05, 0) is 35.2 Å².